The molecule has 0 saturated carbocycles. The van der Waals surface area contributed by atoms with Crippen LogP contribution in [0.4, 0.5) is 4.39 Å². The summed E-state index contributed by atoms with van der Waals surface area (Å²) in [6.07, 6.45) is 2.69. The number of hydrogen-bond acceptors (Lipinski definition) is 2. The summed E-state index contributed by atoms with van der Waals surface area (Å²) in [7, 11) is 0. The van der Waals surface area contributed by atoms with Gasteiger partial charge in [-0.05, 0) is 49.4 Å². The summed E-state index contributed by atoms with van der Waals surface area (Å²) in [6.45, 7) is 5.64. The maximum atomic E-state index is 13.4. The maximum Gasteiger partial charge on any atom is 0.224 e. The van der Waals surface area contributed by atoms with Crippen molar-refractivity contribution in [3.63, 3.8) is 0 Å². The number of rotatable bonds is 6. The van der Waals surface area contributed by atoms with Crippen LogP contribution < -0.4 is 5.32 Å². The minimum absolute atomic E-state index is 0.000546. The van der Waals surface area contributed by atoms with Gasteiger partial charge in [0.05, 0.1) is 5.92 Å². The van der Waals surface area contributed by atoms with Crippen molar-refractivity contribution < 1.29 is 9.18 Å². The summed E-state index contributed by atoms with van der Waals surface area (Å²) >= 11 is 0. The van der Waals surface area contributed by atoms with Crippen molar-refractivity contribution in [2.45, 2.75) is 51.7 Å². The number of halogens is 1. The molecule has 27 heavy (non-hydrogen) atoms. The van der Waals surface area contributed by atoms with Gasteiger partial charge in [0.1, 0.15) is 5.82 Å². The van der Waals surface area contributed by atoms with Crippen LogP contribution in [0.1, 0.15) is 50.3 Å². The molecule has 144 valence electrons. The number of nitrogens with zero attached hydrogens (tertiary/aromatic N) is 1. The highest BCUT2D eigenvalue weighted by Gasteiger charge is 2.33. The summed E-state index contributed by atoms with van der Waals surface area (Å²) in [5, 5.41) is 3.13. The Hall–Kier alpha value is -2.20. The van der Waals surface area contributed by atoms with E-state index in [2.05, 4.69) is 29.3 Å². The summed E-state index contributed by atoms with van der Waals surface area (Å²) in [6, 6.07) is 17.5. The van der Waals surface area contributed by atoms with Crippen LogP contribution in [0.2, 0.25) is 0 Å². The fourth-order valence-corrected chi connectivity index (χ4v) is 3.78. The molecule has 0 unspecified atom stereocenters. The third-order valence-electron chi connectivity index (χ3n) is 5.54. The van der Waals surface area contributed by atoms with Crippen molar-refractivity contribution in [2.24, 2.45) is 5.92 Å². The molecule has 1 aliphatic heterocycles. The SMILES string of the molecule is CC[C@H](C)NC(=O)[C@H]1CC[C@@H](c2ccc(F)cc2)N(Cc2ccccc2)C1. The molecular weight excluding hydrogens is 339 g/mol. The molecule has 1 aliphatic rings. The van der Waals surface area contributed by atoms with Gasteiger partial charge in [0.2, 0.25) is 5.91 Å². The molecule has 0 radical (unpaired) electrons. The van der Waals surface area contributed by atoms with Gasteiger partial charge in [-0.2, -0.15) is 0 Å². The van der Waals surface area contributed by atoms with E-state index in [0.29, 0.717) is 0 Å². The first-order valence-corrected chi connectivity index (χ1v) is 9.90. The largest absolute Gasteiger partial charge is 0.353 e. The number of hydrogen-bond donors (Lipinski definition) is 1. The van der Waals surface area contributed by atoms with E-state index < -0.39 is 0 Å². The first-order chi connectivity index (χ1) is 13.1. The van der Waals surface area contributed by atoms with Crippen LogP contribution >= 0.6 is 0 Å². The lowest BCUT2D eigenvalue weighted by Crippen LogP contribution is -2.46. The first kappa shape index (κ1) is 19.6. The molecule has 3 nitrogen and oxygen atoms in total. The van der Waals surface area contributed by atoms with E-state index in [0.717, 1.165) is 37.9 Å². The lowest BCUT2D eigenvalue weighted by molar-refractivity contribution is -0.128. The summed E-state index contributed by atoms with van der Waals surface area (Å²) in [5.41, 5.74) is 2.35. The molecule has 0 aliphatic carbocycles. The molecule has 1 amide bonds. The van der Waals surface area contributed by atoms with Crippen LogP contribution in [-0.4, -0.2) is 23.4 Å². The Morgan fingerprint density at radius 1 is 1.15 bits per heavy atom. The highest BCUT2D eigenvalue weighted by Crippen LogP contribution is 2.34. The predicted molar refractivity (Wildman–Crippen MR) is 107 cm³/mol. The highest BCUT2D eigenvalue weighted by molar-refractivity contribution is 5.79. The molecule has 1 N–H and O–H groups in total. The minimum Gasteiger partial charge on any atom is -0.353 e. The summed E-state index contributed by atoms with van der Waals surface area (Å²) < 4.78 is 13.4. The third-order valence-corrected chi connectivity index (χ3v) is 5.54. The second-order valence-electron chi connectivity index (χ2n) is 7.57. The van der Waals surface area contributed by atoms with Crippen molar-refractivity contribution in [3.05, 3.63) is 71.5 Å². The molecule has 0 spiro atoms. The van der Waals surface area contributed by atoms with Crippen LogP contribution in [0.15, 0.2) is 54.6 Å². The van der Waals surface area contributed by atoms with E-state index >= 15 is 0 Å². The van der Waals surface area contributed by atoms with Crippen molar-refractivity contribution in [1.82, 2.24) is 10.2 Å². The second-order valence-corrected chi connectivity index (χ2v) is 7.57. The van der Waals surface area contributed by atoms with Crippen molar-refractivity contribution in [2.75, 3.05) is 6.54 Å². The molecule has 0 bridgehead atoms. The Morgan fingerprint density at radius 3 is 2.52 bits per heavy atom. The molecule has 3 atom stereocenters. The summed E-state index contributed by atoms with van der Waals surface area (Å²) in [4.78, 5) is 15.0. The zero-order valence-corrected chi connectivity index (χ0v) is 16.2. The molecule has 1 heterocycles. The minimum atomic E-state index is -0.213. The smallest absolute Gasteiger partial charge is 0.224 e. The van der Waals surface area contributed by atoms with Gasteiger partial charge in [-0.15, -0.1) is 0 Å². The zero-order valence-electron chi connectivity index (χ0n) is 16.2. The van der Waals surface area contributed by atoms with Crippen molar-refractivity contribution >= 4 is 5.91 Å². The maximum absolute atomic E-state index is 13.4. The van der Waals surface area contributed by atoms with Crippen LogP contribution in [0.25, 0.3) is 0 Å². The Labute approximate surface area is 161 Å². The van der Waals surface area contributed by atoms with Crippen LogP contribution in [-0.2, 0) is 11.3 Å². The number of benzene rings is 2. The van der Waals surface area contributed by atoms with E-state index in [-0.39, 0.29) is 29.7 Å². The molecule has 2 aromatic carbocycles. The number of nitrogens with one attached hydrogen (secondary N) is 1. The lowest BCUT2D eigenvalue weighted by atomic mass is 9.88. The quantitative estimate of drug-likeness (QED) is 0.802. The van der Waals surface area contributed by atoms with Gasteiger partial charge < -0.3 is 5.32 Å². The normalized spacial score (nSPS) is 21.6. The highest BCUT2D eigenvalue weighted by atomic mass is 19.1. The fourth-order valence-electron chi connectivity index (χ4n) is 3.78. The van der Waals surface area contributed by atoms with Gasteiger partial charge >= 0.3 is 0 Å². The van der Waals surface area contributed by atoms with E-state index in [4.69, 9.17) is 0 Å². The van der Waals surface area contributed by atoms with Gasteiger partial charge in [-0.1, -0.05) is 49.4 Å². The predicted octanol–water partition coefficient (Wildman–Crippen LogP) is 4.69. The average Bonchev–Trinajstić information content (AvgIpc) is 2.69. The van der Waals surface area contributed by atoms with Crippen molar-refractivity contribution in [3.8, 4) is 0 Å². The number of carbonyl (C=O) groups is 1. The van der Waals surface area contributed by atoms with Gasteiger partial charge in [-0.25, -0.2) is 4.39 Å². The molecule has 0 aromatic heterocycles. The van der Waals surface area contributed by atoms with Gasteiger partial charge in [0, 0.05) is 25.2 Å². The Kier molecular flexibility index (Phi) is 6.62. The number of amides is 1. The van der Waals surface area contributed by atoms with Gasteiger partial charge in [0.25, 0.3) is 0 Å². The monoisotopic (exact) mass is 368 g/mol. The van der Waals surface area contributed by atoms with Crippen LogP contribution in [0.3, 0.4) is 0 Å². The van der Waals surface area contributed by atoms with Crippen LogP contribution in [0.5, 0.6) is 0 Å². The number of piperidine rings is 1. The van der Waals surface area contributed by atoms with E-state index in [1.807, 2.05) is 37.3 Å². The topological polar surface area (TPSA) is 32.3 Å². The Morgan fingerprint density at radius 2 is 1.85 bits per heavy atom. The molecule has 3 rings (SSSR count). The second kappa shape index (κ2) is 9.14. The third kappa shape index (κ3) is 5.16. The zero-order chi connectivity index (χ0) is 19.2. The first-order valence-electron chi connectivity index (χ1n) is 9.90. The molecule has 4 heteroatoms. The molecule has 1 saturated heterocycles. The molecular formula is C23H29FN2O. The number of carbonyl (C=O) groups excluding carboxylic acids is 1. The average molecular weight is 368 g/mol. The lowest BCUT2D eigenvalue weighted by Gasteiger charge is -2.40. The fraction of sp³-hybridized carbons (Fsp3) is 0.435. The van der Waals surface area contributed by atoms with Crippen molar-refractivity contribution in [1.29, 1.82) is 0 Å². The molecule has 1 fully saturated rings. The molecule has 2 aromatic rings. The summed E-state index contributed by atoms with van der Waals surface area (Å²) in [5.74, 6) is -0.0608. The van der Waals surface area contributed by atoms with E-state index in [9.17, 15) is 9.18 Å². The number of likely N-dealkylation sites (tertiary alicyclic amines) is 1. The van der Waals surface area contributed by atoms with Crippen LogP contribution in [0, 0.1) is 11.7 Å². The Bertz CT molecular complexity index is 732. The standard InChI is InChI=1S/C23H29FN2O/c1-3-17(2)25-23(27)20-11-14-22(19-9-12-21(24)13-10-19)26(16-20)15-18-7-5-4-6-8-18/h4-10,12-13,17,20,22H,3,11,14-16H2,1-2H3,(H,25,27)/t17-,20-,22-/m0/s1. The van der Waals surface area contributed by atoms with Gasteiger partial charge in [-0.3, -0.25) is 9.69 Å². The van der Waals surface area contributed by atoms with Gasteiger partial charge in [0.15, 0.2) is 0 Å². The van der Waals surface area contributed by atoms with E-state index in [1.54, 1.807) is 0 Å². The van der Waals surface area contributed by atoms with E-state index in [1.165, 1.54) is 17.7 Å². The Balaban J connectivity index is 1.77.